The Labute approximate surface area is 136 Å². The molecule has 2 aromatic rings. The summed E-state index contributed by atoms with van der Waals surface area (Å²) in [4.78, 5) is 0. The topological polar surface area (TPSA) is 38.0 Å². The van der Waals surface area contributed by atoms with Crippen LogP contribution in [0.2, 0.25) is 10.0 Å². The highest BCUT2D eigenvalue weighted by molar-refractivity contribution is 14.1. The number of rotatable bonds is 4. The number of benzene rings is 2. The van der Waals surface area contributed by atoms with Crippen LogP contribution in [-0.2, 0) is 6.42 Å². The zero-order valence-electron chi connectivity index (χ0n) is 10.0. The quantitative estimate of drug-likeness (QED) is 0.450. The first-order valence-electron chi connectivity index (χ1n) is 5.77. The van der Waals surface area contributed by atoms with Crippen LogP contribution in [0.1, 0.15) is 17.2 Å². The Bertz CT molecular complexity index is 555. The minimum Gasteiger partial charge on any atom is -0.271 e. The molecule has 0 aliphatic carbocycles. The second-order valence-corrected chi connectivity index (χ2v) is 6.12. The molecule has 1 atom stereocenters. The molecule has 0 aliphatic rings. The Morgan fingerprint density at radius 3 is 2.26 bits per heavy atom. The highest BCUT2D eigenvalue weighted by Gasteiger charge is 2.16. The molecule has 0 bridgehead atoms. The van der Waals surface area contributed by atoms with Gasteiger partial charge in [-0.25, -0.2) is 0 Å². The van der Waals surface area contributed by atoms with Crippen molar-refractivity contribution in [2.45, 2.75) is 12.5 Å². The van der Waals surface area contributed by atoms with Crippen molar-refractivity contribution in [3.63, 3.8) is 0 Å². The molecule has 2 nitrogen and oxygen atoms in total. The maximum Gasteiger partial charge on any atom is 0.0511 e. The molecule has 100 valence electrons. The van der Waals surface area contributed by atoms with Crippen molar-refractivity contribution >= 4 is 45.8 Å². The molecule has 0 fully saturated rings. The van der Waals surface area contributed by atoms with E-state index >= 15 is 0 Å². The van der Waals surface area contributed by atoms with Gasteiger partial charge in [-0.05, 0) is 58.3 Å². The summed E-state index contributed by atoms with van der Waals surface area (Å²) in [5.74, 6) is 5.68. The number of halogens is 3. The number of nitrogens with two attached hydrogens (primary N) is 1. The van der Waals surface area contributed by atoms with E-state index < -0.39 is 0 Å². The highest BCUT2D eigenvalue weighted by atomic mass is 127. The predicted molar refractivity (Wildman–Crippen MR) is 89.4 cm³/mol. The standard InChI is InChI=1S/C14H13Cl2IN2/c15-11-5-3-6-12(16)10(11)8-14(19-18)9-4-1-2-7-13(9)17/h1-7,14,19H,8,18H2. The lowest BCUT2D eigenvalue weighted by molar-refractivity contribution is 0.550. The minimum atomic E-state index is -0.0227. The third-order valence-corrected chi connectivity index (χ3v) is 4.64. The van der Waals surface area contributed by atoms with Gasteiger partial charge in [-0.2, -0.15) is 0 Å². The maximum absolute atomic E-state index is 6.20. The Kier molecular flexibility index (Phi) is 5.47. The third kappa shape index (κ3) is 3.61. The summed E-state index contributed by atoms with van der Waals surface area (Å²) in [6.45, 7) is 0. The summed E-state index contributed by atoms with van der Waals surface area (Å²) in [5, 5.41) is 1.33. The summed E-state index contributed by atoms with van der Waals surface area (Å²) in [6, 6.07) is 13.6. The Morgan fingerprint density at radius 1 is 1.05 bits per heavy atom. The SMILES string of the molecule is NNC(Cc1c(Cl)cccc1Cl)c1ccccc1I. The average molecular weight is 407 g/mol. The Morgan fingerprint density at radius 2 is 1.68 bits per heavy atom. The molecule has 0 aliphatic heterocycles. The minimum absolute atomic E-state index is 0.0227. The van der Waals surface area contributed by atoms with E-state index in [-0.39, 0.29) is 6.04 Å². The summed E-state index contributed by atoms with van der Waals surface area (Å²) in [6.07, 6.45) is 0.648. The summed E-state index contributed by atoms with van der Waals surface area (Å²) in [5.41, 5.74) is 4.89. The number of hydrazine groups is 1. The highest BCUT2D eigenvalue weighted by Crippen LogP contribution is 2.30. The average Bonchev–Trinajstić information content (AvgIpc) is 2.40. The fourth-order valence-electron chi connectivity index (χ4n) is 1.95. The second kappa shape index (κ2) is 6.90. The van der Waals surface area contributed by atoms with Gasteiger partial charge in [0.2, 0.25) is 0 Å². The largest absolute Gasteiger partial charge is 0.271 e. The van der Waals surface area contributed by atoms with Crippen LogP contribution in [0.25, 0.3) is 0 Å². The van der Waals surface area contributed by atoms with Crippen LogP contribution in [0.15, 0.2) is 42.5 Å². The Balaban J connectivity index is 2.32. The normalized spacial score (nSPS) is 12.4. The van der Waals surface area contributed by atoms with Crippen molar-refractivity contribution in [1.29, 1.82) is 0 Å². The van der Waals surface area contributed by atoms with Crippen LogP contribution in [0.5, 0.6) is 0 Å². The van der Waals surface area contributed by atoms with Crippen LogP contribution in [0.3, 0.4) is 0 Å². The van der Waals surface area contributed by atoms with Gasteiger partial charge < -0.3 is 0 Å². The molecule has 3 N–H and O–H groups in total. The summed E-state index contributed by atoms with van der Waals surface area (Å²) >= 11 is 14.7. The van der Waals surface area contributed by atoms with Gasteiger partial charge in [0.15, 0.2) is 0 Å². The molecule has 0 spiro atoms. The van der Waals surface area contributed by atoms with Crippen molar-refractivity contribution in [2.75, 3.05) is 0 Å². The van der Waals surface area contributed by atoms with E-state index in [0.717, 1.165) is 14.7 Å². The lowest BCUT2D eigenvalue weighted by Crippen LogP contribution is -2.30. The predicted octanol–water partition coefficient (Wildman–Crippen LogP) is 4.35. The molecule has 5 heteroatoms. The van der Waals surface area contributed by atoms with Crippen LogP contribution < -0.4 is 11.3 Å². The molecule has 0 saturated heterocycles. The fourth-order valence-corrected chi connectivity index (χ4v) is 3.26. The lowest BCUT2D eigenvalue weighted by atomic mass is 9.99. The number of hydrogen-bond donors (Lipinski definition) is 2. The van der Waals surface area contributed by atoms with Crippen LogP contribution in [0, 0.1) is 3.57 Å². The molecule has 0 heterocycles. The first-order chi connectivity index (χ1) is 9.13. The second-order valence-electron chi connectivity index (χ2n) is 4.15. The van der Waals surface area contributed by atoms with Crippen molar-refractivity contribution in [3.05, 3.63) is 67.2 Å². The van der Waals surface area contributed by atoms with E-state index in [1.807, 2.05) is 30.3 Å². The van der Waals surface area contributed by atoms with E-state index in [1.165, 1.54) is 0 Å². The summed E-state index contributed by atoms with van der Waals surface area (Å²) < 4.78 is 1.16. The van der Waals surface area contributed by atoms with Crippen molar-refractivity contribution in [1.82, 2.24) is 5.43 Å². The monoisotopic (exact) mass is 406 g/mol. The van der Waals surface area contributed by atoms with Gasteiger partial charge >= 0.3 is 0 Å². The molecule has 0 radical (unpaired) electrons. The zero-order chi connectivity index (χ0) is 13.8. The van der Waals surface area contributed by atoms with Crippen molar-refractivity contribution in [2.24, 2.45) is 5.84 Å². The number of hydrogen-bond acceptors (Lipinski definition) is 2. The molecule has 19 heavy (non-hydrogen) atoms. The third-order valence-electron chi connectivity index (χ3n) is 2.95. The van der Waals surface area contributed by atoms with E-state index in [9.17, 15) is 0 Å². The number of nitrogens with one attached hydrogen (secondary N) is 1. The van der Waals surface area contributed by atoms with Crippen LogP contribution >= 0.6 is 45.8 Å². The van der Waals surface area contributed by atoms with Gasteiger partial charge in [-0.15, -0.1) is 0 Å². The van der Waals surface area contributed by atoms with Crippen molar-refractivity contribution < 1.29 is 0 Å². The first kappa shape index (κ1) is 15.1. The van der Waals surface area contributed by atoms with Crippen LogP contribution in [0.4, 0.5) is 0 Å². The van der Waals surface area contributed by atoms with Gasteiger partial charge in [0.25, 0.3) is 0 Å². The summed E-state index contributed by atoms with van der Waals surface area (Å²) in [7, 11) is 0. The maximum atomic E-state index is 6.20. The van der Waals surface area contributed by atoms with E-state index in [1.54, 1.807) is 0 Å². The first-order valence-corrected chi connectivity index (χ1v) is 7.60. The van der Waals surface area contributed by atoms with E-state index in [4.69, 9.17) is 29.0 Å². The molecular weight excluding hydrogens is 394 g/mol. The van der Waals surface area contributed by atoms with Crippen LogP contribution in [-0.4, -0.2) is 0 Å². The van der Waals surface area contributed by atoms with Gasteiger partial charge in [-0.3, -0.25) is 11.3 Å². The molecule has 2 aromatic carbocycles. The van der Waals surface area contributed by atoms with Crippen molar-refractivity contribution in [3.8, 4) is 0 Å². The Hall–Kier alpha value is -0.330. The van der Waals surface area contributed by atoms with E-state index in [0.29, 0.717) is 16.5 Å². The van der Waals surface area contributed by atoms with Gasteiger partial charge in [-0.1, -0.05) is 47.5 Å². The molecule has 0 amide bonds. The van der Waals surface area contributed by atoms with Gasteiger partial charge in [0, 0.05) is 13.6 Å². The van der Waals surface area contributed by atoms with Gasteiger partial charge in [0.1, 0.15) is 0 Å². The molecular formula is C14H13Cl2IN2. The van der Waals surface area contributed by atoms with E-state index in [2.05, 4.69) is 40.1 Å². The molecule has 2 rings (SSSR count). The molecule has 1 unspecified atom stereocenters. The fraction of sp³-hybridized carbons (Fsp3) is 0.143. The molecule has 0 aromatic heterocycles. The smallest absolute Gasteiger partial charge is 0.0511 e. The van der Waals surface area contributed by atoms with Gasteiger partial charge in [0.05, 0.1) is 6.04 Å². The lowest BCUT2D eigenvalue weighted by Gasteiger charge is -2.19. The zero-order valence-corrected chi connectivity index (χ0v) is 13.7. The molecule has 0 saturated carbocycles.